The van der Waals surface area contributed by atoms with Gasteiger partial charge in [0.25, 0.3) is 5.91 Å². The number of amides is 2. The van der Waals surface area contributed by atoms with Gasteiger partial charge in [-0.05, 0) is 47.0 Å². The first kappa shape index (κ1) is 19.4. The SMILES string of the molecule is Cc1c(C(=O)N2CCCCC2CNC(=O)CCN)cnn1C(C)(C)C. The molecular weight excluding hydrogens is 318 g/mol. The molecule has 0 radical (unpaired) electrons. The molecule has 7 heteroatoms. The monoisotopic (exact) mass is 349 g/mol. The van der Waals surface area contributed by atoms with Gasteiger partial charge in [0.15, 0.2) is 0 Å². The second-order valence-corrected chi connectivity index (χ2v) is 7.72. The van der Waals surface area contributed by atoms with Crippen LogP contribution in [0.3, 0.4) is 0 Å². The Morgan fingerprint density at radius 1 is 1.36 bits per heavy atom. The van der Waals surface area contributed by atoms with Crippen LogP contribution in [0.1, 0.15) is 62.5 Å². The number of piperidine rings is 1. The van der Waals surface area contributed by atoms with Gasteiger partial charge >= 0.3 is 0 Å². The third-order valence-electron chi connectivity index (χ3n) is 4.67. The summed E-state index contributed by atoms with van der Waals surface area (Å²) in [6.07, 6.45) is 4.95. The van der Waals surface area contributed by atoms with Crippen molar-refractivity contribution in [1.82, 2.24) is 20.0 Å². The van der Waals surface area contributed by atoms with Gasteiger partial charge in [-0.3, -0.25) is 14.3 Å². The van der Waals surface area contributed by atoms with Gasteiger partial charge in [-0.15, -0.1) is 0 Å². The number of likely N-dealkylation sites (tertiary alicyclic amines) is 1. The molecule has 0 aliphatic carbocycles. The fourth-order valence-corrected chi connectivity index (χ4v) is 3.38. The topological polar surface area (TPSA) is 93.2 Å². The third kappa shape index (κ3) is 4.60. The van der Waals surface area contributed by atoms with Gasteiger partial charge in [0.2, 0.25) is 5.91 Å². The number of hydrogen-bond acceptors (Lipinski definition) is 4. The summed E-state index contributed by atoms with van der Waals surface area (Å²) in [5.41, 5.74) is 6.77. The lowest BCUT2D eigenvalue weighted by molar-refractivity contribution is -0.121. The highest BCUT2D eigenvalue weighted by Gasteiger charge is 2.30. The Morgan fingerprint density at radius 3 is 2.68 bits per heavy atom. The van der Waals surface area contributed by atoms with Crippen molar-refractivity contribution in [2.45, 2.75) is 65.0 Å². The van der Waals surface area contributed by atoms with Crippen LogP contribution in [0.5, 0.6) is 0 Å². The Hall–Kier alpha value is -1.89. The lowest BCUT2D eigenvalue weighted by Gasteiger charge is -2.36. The number of hydrogen-bond donors (Lipinski definition) is 2. The van der Waals surface area contributed by atoms with E-state index in [2.05, 4.69) is 31.2 Å². The number of nitrogens with one attached hydrogen (secondary N) is 1. The maximum atomic E-state index is 13.1. The Kier molecular flexibility index (Phi) is 6.21. The van der Waals surface area contributed by atoms with Gasteiger partial charge in [0.1, 0.15) is 0 Å². The molecule has 0 saturated carbocycles. The summed E-state index contributed by atoms with van der Waals surface area (Å²) < 4.78 is 1.89. The highest BCUT2D eigenvalue weighted by molar-refractivity contribution is 5.95. The fraction of sp³-hybridized carbons (Fsp3) is 0.722. The molecule has 7 nitrogen and oxygen atoms in total. The third-order valence-corrected chi connectivity index (χ3v) is 4.67. The van der Waals surface area contributed by atoms with Crippen LogP contribution in [0.4, 0.5) is 0 Å². The standard InChI is InChI=1S/C18H31N5O2/c1-13-15(12-21-23(13)18(2,3)4)17(25)22-10-6-5-7-14(22)11-20-16(24)8-9-19/h12,14H,5-11,19H2,1-4H3,(H,20,24). The van der Waals surface area contributed by atoms with E-state index in [1.54, 1.807) is 6.20 Å². The molecule has 1 fully saturated rings. The average molecular weight is 349 g/mol. The molecule has 2 rings (SSSR count). The second kappa shape index (κ2) is 7.99. The predicted octanol–water partition coefficient (Wildman–Crippen LogP) is 1.41. The number of nitrogens with two attached hydrogens (primary N) is 1. The molecule has 1 atom stereocenters. The molecule has 3 N–H and O–H groups in total. The highest BCUT2D eigenvalue weighted by atomic mass is 16.2. The van der Waals surface area contributed by atoms with Crippen LogP contribution in [0.25, 0.3) is 0 Å². The lowest BCUT2D eigenvalue weighted by atomic mass is 10.0. The van der Waals surface area contributed by atoms with Gasteiger partial charge in [-0.2, -0.15) is 5.10 Å². The zero-order chi connectivity index (χ0) is 18.6. The van der Waals surface area contributed by atoms with Crippen LogP contribution in [-0.4, -0.2) is 52.2 Å². The van der Waals surface area contributed by atoms with Gasteiger partial charge in [-0.1, -0.05) is 0 Å². The highest BCUT2D eigenvalue weighted by Crippen LogP contribution is 2.23. The van der Waals surface area contributed by atoms with Gasteiger partial charge in [0, 0.05) is 37.8 Å². The van der Waals surface area contributed by atoms with Crippen LogP contribution in [-0.2, 0) is 10.3 Å². The average Bonchev–Trinajstić information content (AvgIpc) is 2.94. The molecule has 0 aromatic carbocycles. The quantitative estimate of drug-likeness (QED) is 0.840. The Bertz CT molecular complexity index is 617. The summed E-state index contributed by atoms with van der Waals surface area (Å²) in [5, 5.41) is 7.31. The Morgan fingerprint density at radius 2 is 2.08 bits per heavy atom. The smallest absolute Gasteiger partial charge is 0.257 e. The van der Waals surface area contributed by atoms with E-state index in [0.29, 0.717) is 25.1 Å². The van der Waals surface area contributed by atoms with Crippen LogP contribution in [0, 0.1) is 6.92 Å². The maximum absolute atomic E-state index is 13.1. The molecule has 2 heterocycles. The Labute approximate surface area is 149 Å². The molecule has 1 saturated heterocycles. The summed E-state index contributed by atoms with van der Waals surface area (Å²) in [4.78, 5) is 26.7. The summed E-state index contributed by atoms with van der Waals surface area (Å²) in [5.74, 6) is -0.0528. The van der Waals surface area contributed by atoms with E-state index >= 15 is 0 Å². The van der Waals surface area contributed by atoms with E-state index in [1.165, 1.54) is 0 Å². The van der Waals surface area contributed by atoms with Crippen molar-refractivity contribution in [3.8, 4) is 0 Å². The lowest BCUT2D eigenvalue weighted by Crippen LogP contribution is -2.49. The first-order chi connectivity index (χ1) is 11.8. The minimum atomic E-state index is -0.167. The zero-order valence-electron chi connectivity index (χ0n) is 15.8. The van der Waals surface area contributed by atoms with Crippen molar-refractivity contribution >= 4 is 11.8 Å². The van der Waals surface area contributed by atoms with E-state index in [4.69, 9.17) is 5.73 Å². The van der Waals surface area contributed by atoms with Crippen molar-refractivity contribution in [3.05, 3.63) is 17.5 Å². The van der Waals surface area contributed by atoms with Crippen LogP contribution in [0.15, 0.2) is 6.20 Å². The fourth-order valence-electron chi connectivity index (χ4n) is 3.38. The van der Waals surface area contributed by atoms with E-state index in [0.717, 1.165) is 31.5 Å². The van der Waals surface area contributed by atoms with Crippen molar-refractivity contribution in [1.29, 1.82) is 0 Å². The molecule has 0 spiro atoms. The van der Waals surface area contributed by atoms with E-state index < -0.39 is 0 Å². The molecule has 1 aliphatic rings. The van der Waals surface area contributed by atoms with Crippen LogP contribution in [0.2, 0.25) is 0 Å². The summed E-state index contributed by atoms with van der Waals surface area (Å²) in [7, 11) is 0. The second-order valence-electron chi connectivity index (χ2n) is 7.72. The minimum absolute atomic E-state index is 0.00535. The summed E-state index contributed by atoms with van der Waals surface area (Å²) in [6, 6.07) is 0.0281. The van der Waals surface area contributed by atoms with Crippen molar-refractivity contribution in [2.24, 2.45) is 5.73 Å². The number of rotatable bonds is 5. The molecule has 1 aliphatic heterocycles. The predicted molar refractivity (Wildman–Crippen MR) is 97.3 cm³/mol. The molecule has 2 amide bonds. The minimum Gasteiger partial charge on any atom is -0.354 e. The molecule has 140 valence electrons. The van der Waals surface area contributed by atoms with E-state index in [1.807, 2.05) is 16.5 Å². The number of carbonyl (C=O) groups excluding carboxylic acids is 2. The molecule has 1 unspecified atom stereocenters. The van der Waals surface area contributed by atoms with E-state index in [-0.39, 0.29) is 23.4 Å². The molecule has 1 aromatic rings. The van der Waals surface area contributed by atoms with Crippen LogP contribution >= 0.6 is 0 Å². The van der Waals surface area contributed by atoms with Gasteiger partial charge < -0.3 is 16.0 Å². The first-order valence-electron chi connectivity index (χ1n) is 9.08. The van der Waals surface area contributed by atoms with Gasteiger partial charge in [0.05, 0.1) is 17.3 Å². The van der Waals surface area contributed by atoms with Crippen molar-refractivity contribution in [3.63, 3.8) is 0 Å². The van der Waals surface area contributed by atoms with Crippen molar-refractivity contribution < 1.29 is 9.59 Å². The summed E-state index contributed by atoms with van der Waals surface area (Å²) >= 11 is 0. The van der Waals surface area contributed by atoms with Crippen molar-refractivity contribution in [2.75, 3.05) is 19.6 Å². The molecule has 25 heavy (non-hydrogen) atoms. The molecule has 1 aromatic heterocycles. The van der Waals surface area contributed by atoms with Crippen LogP contribution < -0.4 is 11.1 Å². The number of nitrogens with zero attached hydrogens (tertiary/aromatic N) is 3. The summed E-state index contributed by atoms with van der Waals surface area (Å²) in [6.45, 7) is 9.68. The zero-order valence-corrected chi connectivity index (χ0v) is 15.8. The largest absolute Gasteiger partial charge is 0.354 e. The Balaban J connectivity index is 2.13. The maximum Gasteiger partial charge on any atom is 0.257 e. The van der Waals surface area contributed by atoms with Gasteiger partial charge in [-0.25, -0.2) is 0 Å². The molecule has 0 bridgehead atoms. The number of carbonyl (C=O) groups is 2. The normalized spacial score (nSPS) is 18.3. The number of aromatic nitrogens is 2. The molecular formula is C18H31N5O2. The van der Waals surface area contributed by atoms with E-state index in [9.17, 15) is 9.59 Å². The first-order valence-corrected chi connectivity index (χ1v) is 9.08.